The summed E-state index contributed by atoms with van der Waals surface area (Å²) in [6, 6.07) is 12.6. The van der Waals surface area contributed by atoms with Gasteiger partial charge in [-0.15, -0.1) is 11.3 Å². The Morgan fingerprint density at radius 1 is 1.26 bits per heavy atom. The lowest BCUT2D eigenvalue weighted by Crippen LogP contribution is -2.14. The van der Waals surface area contributed by atoms with Crippen molar-refractivity contribution in [3.63, 3.8) is 0 Å². The Labute approximate surface area is 159 Å². The molecule has 0 aliphatic rings. The minimum Gasteiger partial charge on any atom is -0.492 e. The minimum absolute atomic E-state index is 0.177. The number of para-hydroxylation sites is 2. The van der Waals surface area contributed by atoms with Crippen LogP contribution in [-0.2, 0) is 0 Å². The number of amides is 1. The fourth-order valence-electron chi connectivity index (χ4n) is 2.91. The lowest BCUT2D eigenvalue weighted by molar-refractivity contribution is 0.103. The van der Waals surface area contributed by atoms with E-state index in [1.54, 1.807) is 24.4 Å². The van der Waals surface area contributed by atoms with Crippen LogP contribution in [0.3, 0.4) is 0 Å². The maximum absolute atomic E-state index is 12.8. The van der Waals surface area contributed by atoms with Crippen LogP contribution in [0.1, 0.15) is 22.2 Å². The Morgan fingerprint density at radius 2 is 2.07 bits per heavy atom. The number of carbonyl (C=O) groups is 1. The molecule has 6 nitrogen and oxygen atoms in total. The van der Waals surface area contributed by atoms with E-state index in [1.165, 1.54) is 15.7 Å². The molecular formula is C20H17N3O3S. The van der Waals surface area contributed by atoms with Gasteiger partial charge in [0.15, 0.2) is 0 Å². The summed E-state index contributed by atoms with van der Waals surface area (Å²) >= 11 is 1.20. The van der Waals surface area contributed by atoms with Gasteiger partial charge in [-0.1, -0.05) is 18.2 Å². The molecule has 0 saturated heterocycles. The predicted octanol–water partition coefficient (Wildman–Crippen LogP) is 3.87. The van der Waals surface area contributed by atoms with E-state index in [9.17, 15) is 9.59 Å². The highest BCUT2D eigenvalue weighted by molar-refractivity contribution is 7.20. The van der Waals surface area contributed by atoms with Crippen molar-refractivity contribution < 1.29 is 9.53 Å². The summed E-state index contributed by atoms with van der Waals surface area (Å²) < 4.78 is 7.05. The van der Waals surface area contributed by atoms with Crippen LogP contribution in [-0.4, -0.2) is 21.9 Å². The summed E-state index contributed by atoms with van der Waals surface area (Å²) in [4.78, 5) is 31.0. The lowest BCUT2D eigenvalue weighted by Gasteiger charge is -2.10. The molecule has 0 bridgehead atoms. The van der Waals surface area contributed by atoms with E-state index in [-0.39, 0.29) is 11.5 Å². The molecule has 1 amide bonds. The normalized spacial score (nSPS) is 11.0. The van der Waals surface area contributed by atoms with Gasteiger partial charge in [-0.3, -0.25) is 14.0 Å². The van der Waals surface area contributed by atoms with Gasteiger partial charge in [0.05, 0.1) is 22.6 Å². The number of hydrogen-bond donors (Lipinski definition) is 1. The molecule has 0 radical (unpaired) electrons. The summed E-state index contributed by atoms with van der Waals surface area (Å²) in [5, 5.41) is 3.29. The molecule has 3 heterocycles. The Balaban J connectivity index is 1.75. The summed E-state index contributed by atoms with van der Waals surface area (Å²) in [5.41, 5.74) is 1.92. The molecule has 136 valence electrons. The molecule has 4 rings (SSSR count). The molecular weight excluding hydrogens is 362 g/mol. The third-order valence-electron chi connectivity index (χ3n) is 4.19. The SMILES string of the molecule is CCOc1ccccc1NC(=O)c1cc2c(=O)n3cccc(C)c3nc2s1. The Kier molecular flexibility index (Phi) is 4.37. The van der Waals surface area contributed by atoms with Crippen LogP contribution < -0.4 is 15.6 Å². The fraction of sp³-hybridized carbons (Fsp3) is 0.150. The average Bonchev–Trinajstić information content (AvgIpc) is 3.09. The molecule has 1 N–H and O–H groups in total. The molecule has 0 unspecified atom stereocenters. The average molecular weight is 379 g/mol. The van der Waals surface area contributed by atoms with E-state index in [0.29, 0.717) is 38.8 Å². The van der Waals surface area contributed by atoms with Gasteiger partial charge in [0.1, 0.15) is 16.2 Å². The highest BCUT2D eigenvalue weighted by atomic mass is 32.1. The first-order chi connectivity index (χ1) is 13.1. The Hall–Kier alpha value is -3.19. The molecule has 0 atom stereocenters. The largest absolute Gasteiger partial charge is 0.492 e. The van der Waals surface area contributed by atoms with Crippen molar-refractivity contribution in [2.24, 2.45) is 0 Å². The number of aromatic nitrogens is 2. The van der Waals surface area contributed by atoms with Gasteiger partial charge < -0.3 is 10.1 Å². The second-order valence-electron chi connectivity index (χ2n) is 6.01. The van der Waals surface area contributed by atoms with Crippen molar-refractivity contribution in [3.8, 4) is 5.75 Å². The van der Waals surface area contributed by atoms with E-state index < -0.39 is 0 Å². The zero-order valence-electron chi connectivity index (χ0n) is 14.9. The number of benzene rings is 1. The fourth-order valence-corrected chi connectivity index (χ4v) is 3.82. The van der Waals surface area contributed by atoms with Crippen LogP contribution in [0.4, 0.5) is 5.69 Å². The zero-order valence-corrected chi connectivity index (χ0v) is 15.7. The number of ether oxygens (including phenoxy) is 1. The molecule has 4 aromatic rings. The van der Waals surface area contributed by atoms with E-state index in [2.05, 4.69) is 10.3 Å². The molecule has 0 aliphatic heterocycles. The number of nitrogens with one attached hydrogen (secondary N) is 1. The van der Waals surface area contributed by atoms with Gasteiger partial charge >= 0.3 is 0 Å². The van der Waals surface area contributed by atoms with Gasteiger partial charge in [-0.05, 0) is 43.7 Å². The van der Waals surface area contributed by atoms with Crippen LogP contribution in [0, 0.1) is 6.92 Å². The second-order valence-corrected chi connectivity index (χ2v) is 7.05. The van der Waals surface area contributed by atoms with Gasteiger partial charge in [0.25, 0.3) is 11.5 Å². The van der Waals surface area contributed by atoms with Crippen molar-refractivity contribution in [1.82, 2.24) is 9.38 Å². The number of thiophene rings is 1. The van der Waals surface area contributed by atoms with Crippen LogP contribution >= 0.6 is 11.3 Å². The number of carbonyl (C=O) groups excluding carboxylic acids is 1. The number of rotatable bonds is 4. The third kappa shape index (κ3) is 3.06. The first kappa shape index (κ1) is 17.2. The van der Waals surface area contributed by atoms with Gasteiger partial charge in [0.2, 0.25) is 0 Å². The zero-order chi connectivity index (χ0) is 19.0. The van der Waals surface area contributed by atoms with E-state index in [0.717, 1.165) is 5.56 Å². The van der Waals surface area contributed by atoms with Crippen LogP contribution in [0.2, 0.25) is 0 Å². The predicted molar refractivity (Wildman–Crippen MR) is 107 cm³/mol. The number of pyridine rings is 1. The summed E-state index contributed by atoms with van der Waals surface area (Å²) in [5.74, 6) is 0.310. The Morgan fingerprint density at radius 3 is 2.89 bits per heavy atom. The van der Waals surface area contributed by atoms with Crippen molar-refractivity contribution in [2.75, 3.05) is 11.9 Å². The number of fused-ring (bicyclic) bond motifs is 2. The van der Waals surface area contributed by atoms with Crippen LogP contribution in [0.25, 0.3) is 15.9 Å². The van der Waals surface area contributed by atoms with E-state index >= 15 is 0 Å². The Bertz CT molecular complexity index is 1230. The smallest absolute Gasteiger partial charge is 0.266 e. The van der Waals surface area contributed by atoms with Crippen molar-refractivity contribution in [1.29, 1.82) is 0 Å². The van der Waals surface area contributed by atoms with Crippen LogP contribution in [0.5, 0.6) is 5.75 Å². The summed E-state index contributed by atoms with van der Waals surface area (Å²) in [6.07, 6.45) is 1.69. The topological polar surface area (TPSA) is 72.7 Å². The quantitative estimate of drug-likeness (QED) is 0.584. The second kappa shape index (κ2) is 6.85. The van der Waals surface area contributed by atoms with Crippen molar-refractivity contribution in [3.05, 3.63) is 69.5 Å². The standard InChI is InChI=1S/C20H17N3O3S/c1-3-26-15-9-5-4-8-14(15)21-18(24)16-11-13-19(27-16)22-17-12(2)7-6-10-23(17)20(13)25/h4-11H,3H2,1-2H3,(H,21,24). The first-order valence-electron chi connectivity index (χ1n) is 8.53. The molecule has 27 heavy (non-hydrogen) atoms. The third-order valence-corrected chi connectivity index (χ3v) is 5.22. The van der Waals surface area contributed by atoms with Gasteiger partial charge in [0, 0.05) is 6.20 Å². The highest BCUT2D eigenvalue weighted by Crippen LogP contribution is 2.27. The van der Waals surface area contributed by atoms with Crippen molar-refractivity contribution >= 4 is 38.8 Å². The monoisotopic (exact) mass is 379 g/mol. The number of aryl methyl sites for hydroxylation is 1. The maximum atomic E-state index is 12.8. The molecule has 0 aliphatic carbocycles. The van der Waals surface area contributed by atoms with Crippen molar-refractivity contribution in [2.45, 2.75) is 13.8 Å². The number of nitrogens with zero attached hydrogens (tertiary/aromatic N) is 2. The molecule has 7 heteroatoms. The van der Waals surface area contributed by atoms with Crippen LogP contribution in [0.15, 0.2) is 53.5 Å². The summed E-state index contributed by atoms with van der Waals surface area (Å²) in [7, 11) is 0. The molecule has 1 aromatic carbocycles. The van der Waals surface area contributed by atoms with E-state index in [1.807, 2.05) is 38.1 Å². The number of anilines is 1. The number of hydrogen-bond acceptors (Lipinski definition) is 5. The maximum Gasteiger partial charge on any atom is 0.266 e. The van der Waals surface area contributed by atoms with Gasteiger partial charge in [-0.2, -0.15) is 0 Å². The molecule has 0 saturated carbocycles. The first-order valence-corrected chi connectivity index (χ1v) is 9.35. The minimum atomic E-state index is -0.296. The highest BCUT2D eigenvalue weighted by Gasteiger charge is 2.16. The van der Waals surface area contributed by atoms with Gasteiger partial charge in [-0.25, -0.2) is 4.98 Å². The molecule has 0 spiro atoms. The van der Waals surface area contributed by atoms with E-state index in [4.69, 9.17) is 4.74 Å². The molecule has 0 fully saturated rings. The summed E-state index contributed by atoms with van der Waals surface area (Å²) in [6.45, 7) is 4.29. The lowest BCUT2D eigenvalue weighted by atomic mass is 10.2. The molecule has 3 aromatic heterocycles.